The summed E-state index contributed by atoms with van der Waals surface area (Å²) >= 11 is 0. The molecule has 0 saturated heterocycles. The average molecular weight is 242 g/mol. The Labute approximate surface area is 105 Å². The van der Waals surface area contributed by atoms with E-state index in [1.165, 1.54) is 0 Å². The third-order valence-electron chi connectivity index (χ3n) is 2.33. The van der Waals surface area contributed by atoms with Crippen molar-refractivity contribution >= 4 is 23.2 Å². The summed E-state index contributed by atoms with van der Waals surface area (Å²) in [5.74, 6) is 0.517. The van der Waals surface area contributed by atoms with Crippen LogP contribution in [0.1, 0.15) is 5.56 Å². The molecule has 0 atom stereocenters. The van der Waals surface area contributed by atoms with Gasteiger partial charge in [0.15, 0.2) is 0 Å². The van der Waals surface area contributed by atoms with E-state index in [2.05, 4.69) is 15.6 Å². The lowest BCUT2D eigenvalue weighted by molar-refractivity contribution is 0.262. The number of amides is 2. The number of aromatic nitrogens is 1. The van der Waals surface area contributed by atoms with E-state index in [4.69, 9.17) is 5.73 Å². The molecule has 0 fully saturated rings. The number of hydrogen-bond acceptors (Lipinski definition) is 3. The molecule has 5 nitrogen and oxygen atoms in total. The van der Waals surface area contributed by atoms with Crippen LogP contribution >= 0.6 is 0 Å². The van der Waals surface area contributed by atoms with Gasteiger partial charge in [0.25, 0.3) is 0 Å². The zero-order valence-electron chi connectivity index (χ0n) is 9.97. The summed E-state index contributed by atoms with van der Waals surface area (Å²) < 4.78 is 0. The number of urea groups is 1. The maximum absolute atomic E-state index is 11.7. The second-order valence-electron chi connectivity index (χ2n) is 3.92. The largest absolute Gasteiger partial charge is 0.399 e. The first-order valence-corrected chi connectivity index (χ1v) is 5.50. The van der Waals surface area contributed by atoms with Crippen molar-refractivity contribution in [2.75, 3.05) is 16.4 Å². The average Bonchev–Trinajstić information content (AvgIpc) is 2.32. The summed E-state index contributed by atoms with van der Waals surface area (Å²) in [6, 6.07) is 10.2. The number of nitrogens with two attached hydrogens (primary N) is 1. The predicted molar refractivity (Wildman–Crippen MR) is 72.5 cm³/mol. The number of benzene rings is 1. The van der Waals surface area contributed by atoms with E-state index >= 15 is 0 Å². The maximum atomic E-state index is 11.7. The molecule has 1 heterocycles. The quantitative estimate of drug-likeness (QED) is 0.708. The van der Waals surface area contributed by atoms with Crippen molar-refractivity contribution in [2.24, 2.45) is 0 Å². The molecular formula is C13H14N4O. The van der Waals surface area contributed by atoms with Crippen molar-refractivity contribution in [3.63, 3.8) is 0 Å². The van der Waals surface area contributed by atoms with Crippen LogP contribution in [-0.2, 0) is 0 Å². The van der Waals surface area contributed by atoms with Gasteiger partial charge in [-0.1, -0.05) is 0 Å². The monoisotopic (exact) mass is 242 g/mol. The van der Waals surface area contributed by atoms with Gasteiger partial charge < -0.3 is 11.1 Å². The number of aryl methyl sites for hydroxylation is 1. The molecule has 2 rings (SSSR count). The standard InChI is InChI=1S/C13H14N4O/c1-9-6-7-15-12(8-9)17-13(18)16-11-4-2-10(14)3-5-11/h2-8H,14H2,1H3,(H2,15,16,17,18). The minimum Gasteiger partial charge on any atom is -0.399 e. The lowest BCUT2D eigenvalue weighted by Gasteiger charge is -2.07. The Morgan fingerprint density at radius 3 is 2.56 bits per heavy atom. The molecule has 92 valence electrons. The van der Waals surface area contributed by atoms with Crippen LogP contribution in [0.3, 0.4) is 0 Å². The Morgan fingerprint density at radius 1 is 1.17 bits per heavy atom. The van der Waals surface area contributed by atoms with Crippen LogP contribution in [0.4, 0.5) is 22.0 Å². The van der Waals surface area contributed by atoms with Gasteiger partial charge in [-0.2, -0.15) is 0 Å². The van der Waals surface area contributed by atoms with Gasteiger partial charge in [0, 0.05) is 17.6 Å². The second-order valence-corrected chi connectivity index (χ2v) is 3.92. The summed E-state index contributed by atoms with van der Waals surface area (Å²) in [6.45, 7) is 1.94. The Morgan fingerprint density at radius 2 is 1.89 bits per heavy atom. The molecule has 4 N–H and O–H groups in total. The van der Waals surface area contributed by atoms with E-state index in [1.54, 1.807) is 36.5 Å². The van der Waals surface area contributed by atoms with Crippen molar-refractivity contribution in [3.8, 4) is 0 Å². The molecule has 2 aromatic rings. The zero-order chi connectivity index (χ0) is 13.0. The molecular weight excluding hydrogens is 228 g/mol. The highest BCUT2D eigenvalue weighted by atomic mass is 16.2. The predicted octanol–water partition coefficient (Wildman–Crippen LogP) is 2.62. The lowest BCUT2D eigenvalue weighted by atomic mass is 10.3. The molecule has 18 heavy (non-hydrogen) atoms. The van der Waals surface area contributed by atoms with Gasteiger partial charge in [-0.25, -0.2) is 9.78 Å². The van der Waals surface area contributed by atoms with E-state index in [9.17, 15) is 4.79 Å². The number of hydrogen-bond donors (Lipinski definition) is 3. The lowest BCUT2D eigenvalue weighted by Crippen LogP contribution is -2.20. The Kier molecular flexibility index (Phi) is 3.43. The number of nitrogens with one attached hydrogen (secondary N) is 2. The van der Waals surface area contributed by atoms with Crippen molar-refractivity contribution in [3.05, 3.63) is 48.2 Å². The van der Waals surface area contributed by atoms with Gasteiger partial charge in [-0.15, -0.1) is 0 Å². The number of pyridine rings is 1. The first-order valence-electron chi connectivity index (χ1n) is 5.50. The second kappa shape index (κ2) is 5.18. The number of anilines is 3. The van der Waals surface area contributed by atoms with Crippen LogP contribution in [0.25, 0.3) is 0 Å². The van der Waals surface area contributed by atoms with Crippen molar-refractivity contribution in [1.82, 2.24) is 4.98 Å². The molecule has 5 heteroatoms. The number of carbonyl (C=O) groups excluding carboxylic acids is 1. The smallest absolute Gasteiger partial charge is 0.324 e. The van der Waals surface area contributed by atoms with Crippen LogP contribution in [0.15, 0.2) is 42.6 Å². The summed E-state index contributed by atoms with van der Waals surface area (Å²) in [4.78, 5) is 15.7. The molecule has 0 aliphatic heterocycles. The van der Waals surface area contributed by atoms with E-state index < -0.39 is 0 Å². The third-order valence-corrected chi connectivity index (χ3v) is 2.33. The normalized spacial score (nSPS) is 9.83. The van der Waals surface area contributed by atoms with E-state index in [0.29, 0.717) is 17.2 Å². The molecule has 0 spiro atoms. The first kappa shape index (κ1) is 11.9. The molecule has 1 aromatic carbocycles. The first-order chi connectivity index (χ1) is 8.63. The highest BCUT2D eigenvalue weighted by Crippen LogP contribution is 2.11. The van der Waals surface area contributed by atoms with Crippen molar-refractivity contribution in [2.45, 2.75) is 6.92 Å². The highest BCUT2D eigenvalue weighted by Gasteiger charge is 2.03. The molecule has 1 aromatic heterocycles. The number of carbonyl (C=O) groups is 1. The summed E-state index contributed by atoms with van der Waals surface area (Å²) in [5.41, 5.74) is 7.92. The van der Waals surface area contributed by atoms with Gasteiger partial charge in [0.2, 0.25) is 0 Å². The number of nitrogens with zero attached hydrogens (tertiary/aromatic N) is 1. The minimum absolute atomic E-state index is 0.335. The summed E-state index contributed by atoms with van der Waals surface area (Å²) in [5, 5.41) is 5.34. The van der Waals surface area contributed by atoms with Gasteiger partial charge in [-0.05, 0) is 48.9 Å². The topological polar surface area (TPSA) is 80.0 Å². The SMILES string of the molecule is Cc1ccnc(NC(=O)Nc2ccc(N)cc2)c1. The van der Waals surface area contributed by atoms with Gasteiger partial charge >= 0.3 is 6.03 Å². The van der Waals surface area contributed by atoms with Crippen molar-refractivity contribution < 1.29 is 4.79 Å². The zero-order valence-corrected chi connectivity index (χ0v) is 9.97. The van der Waals surface area contributed by atoms with Crippen LogP contribution in [0.5, 0.6) is 0 Å². The van der Waals surface area contributed by atoms with Crippen LogP contribution in [0.2, 0.25) is 0 Å². The fourth-order valence-corrected chi connectivity index (χ4v) is 1.45. The molecule has 0 unspecified atom stereocenters. The van der Waals surface area contributed by atoms with Crippen molar-refractivity contribution in [1.29, 1.82) is 0 Å². The fraction of sp³-hybridized carbons (Fsp3) is 0.0769. The Bertz CT molecular complexity index is 551. The summed E-state index contributed by atoms with van der Waals surface area (Å²) in [7, 11) is 0. The molecule has 2 amide bonds. The fourth-order valence-electron chi connectivity index (χ4n) is 1.45. The molecule has 0 aliphatic carbocycles. The highest BCUT2D eigenvalue weighted by molar-refractivity contribution is 5.99. The van der Waals surface area contributed by atoms with E-state index in [1.807, 2.05) is 13.0 Å². The van der Waals surface area contributed by atoms with E-state index in [0.717, 1.165) is 5.56 Å². The van der Waals surface area contributed by atoms with Crippen LogP contribution in [0, 0.1) is 6.92 Å². The number of rotatable bonds is 2. The van der Waals surface area contributed by atoms with Gasteiger partial charge in [0.1, 0.15) is 5.82 Å². The molecule has 0 saturated carbocycles. The van der Waals surface area contributed by atoms with Crippen LogP contribution < -0.4 is 16.4 Å². The summed E-state index contributed by atoms with van der Waals surface area (Å²) in [6.07, 6.45) is 1.65. The molecule has 0 bridgehead atoms. The minimum atomic E-state index is -0.335. The maximum Gasteiger partial charge on any atom is 0.324 e. The molecule has 0 aliphatic rings. The van der Waals surface area contributed by atoms with Gasteiger partial charge in [-0.3, -0.25) is 5.32 Å². The molecule has 0 radical (unpaired) electrons. The van der Waals surface area contributed by atoms with Gasteiger partial charge in [0.05, 0.1) is 0 Å². The van der Waals surface area contributed by atoms with Crippen LogP contribution in [-0.4, -0.2) is 11.0 Å². The Balaban J connectivity index is 1.98. The third kappa shape index (κ3) is 3.21. The van der Waals surface area contributed by atoms with E-state index in [-0.39, 0.29) is 6.03 Å². The Hall–Kier alpha value is -2.56. The number of nitrogen functional groups attached to an aromatic ring is 1.